The molecule has 0 atom stereocenters. The first-order chi connectivity index (χ1) is 18.7. The van der Waals surface area contributed by atoms with Crippen molar-refractivity contribution in [2.45, 2.75) is 45.1 Å². The normalized spacial score (nSPS) is 14.6. The van der Waals surface area contributed by atoms with Gasteiger partial charge in [0.25, 0.3) is 0 Å². The molecule has 0 amide bonds. The van der Waals surface area contributed by atoms with E-state index in [0.717, 1.165) is 74.7 Å². The highest BCUT2D eigenvalue weighted by Gasteiger charge is 2.18. The van der Waals surface area contributed by atoms with E-state index < -0.39 is 0 Å². The molecule has 0 saturated heterocycles. The van der Waals surface area contributed by atoms with Crippen LogP contribution < -0.4 is 4.74 Å². The third-order valence-corrected chi connectivity index (χ3v) is 7.09. The lowest BCUT2D eigenvalue weighted by atomic mass is 9.98. The van der Waals surface area contributed by atoms with Gasteiger partial charge in [0.2, 0.25) is 0 Å². The number of H-pyrrole nitrogens is 2. The maximum atomic E-state index is 6.25. The molecule has 2 N–H and O–H groups in total. The summed E-state index contributed by atoms with van der Waals surface area (Å²) in [6.07, 6.45) is 17.3. The van der Waals surface area contributed by atoms with Crippen LogP contribution in [0.2, 0.25) is 0 Å². The Balaban J connectivity index is 1.34. The van der Waals surface area contributed by atoms with E-state index >= 15 is 0 Å². The molecule has 5 aromatic rings. The average molecular weight is 503 g/mol. The van der Waals surface area contributed by atoms with E-state index in [-0.39, 0.29) is 6.10 Å². The highest BCUT2D eigenvalue weighted by atomic mass is 16.5. The third kappa shape index (κ3) is 4.75. The fourth-order valence-electron chi connectivity index (χ4n) is 5.19. The lowest BCUT2D eigenvalue weighted by Crippen LogP contribution is -2.19. The lowest BCUT2D eigenvalue weighted by Gasteiger charge is -2.22. The fraction of sp³-hybridized carbons (Fsp3) is 0.226. The summed E-state index contributed by atoms with van der Waals surface area (Å²) < 4.78 is 6.25. The Labute approximate surface area is 221 Å². The highest BCUT2D eigenvalue weighted by Crippen LogP contribution is 2.33. The van der Waals surface area contributed by atoms with E-state index in [1.807, 2.05) is 48.8 Å². The van der Waals surface area contributed by atoms with Crippen LogP contribution in [0, 0.1) is 6.92 Å². The predicted molar refractivity (Wildman–Crippen MR) is 151 cm³/mol. The van der Waals surface area contributed by atoms with Gasteiger partial charge in [0.1, 0.15) is 17.0 Å². The number of aromatic amines is 2. The highest BCUT2D eigenvalue weighted by molar-refractivity contribution is 5.92. The third-order valence-electron chi connectivity index (χ3n) is 7.09. The van der Waals surface area contributed by atoms with Crippen molar-refractivity contribution in [1.29, 1.82) is 0 Å². The van der Waals surface area contributed by atoms with Gasteiger partial charge in [0, 0.05) is 41.0 Å². The number of fused-ring (bicyclic) bond motifs is 1. The van der Waals surface area contributed by atoms with E-state index in [9.17, 15) is 0 Å². The summed E-state index contributed by atoms with van der Waals surface area (Å²) in [4.78, 5) is 17.2. The van der Waals surface area contributed by atoms with Gasteiger partial charge in [0.15, 0.2) is 0 Å². The molecule has 0 bridgehead atoms. The van der Waals surface area contributed by atoms with Gasteiger partial charge in [-0.25, -0.2) is 4.98 Å². The Morgan fingerprint density at radius 2 is 1.95 bits per heavy atom. The molecule has 6 rings (SSSR count). The van der Waals surface area contributed by atoms with Crippen LogP contribution in [0.25, 0.3) is 39.3 Å². The van der Waals surface area contributed by atoms with Gasteiger partial charge in [0.05, 0.1) is 29.2 Å². The van der Waals surface area contributed by atoms with Gasteiger partial charge in [-0.3, -0.25) is 15.1 Å². The number of aryl methyl sites for hydroxylation is 1. The van der Waals surface area contributed by atoms with Crippen LogP contribution >= 0.6 is 0 Å². The van der Waals surface area contributed by atoms with Crippen LogP contribution in [-0.2, 0) is 0 Å². The molecule has 5 heterocycles. The van der Waals surface area contributed by atoms with Crippen molar-refractivity contribution in [1.82, 2.24) is 30.1 Å². The van der Waals surface area contributed by atoms with E-state index in [1.165, 1.54) is 19.3 Å². The van der Waals surface area contributed by atoms with E-state index in [1.54, 1.807) is 18.5 Å². The molecule has 0 aliphatic heterocycles. The smallest absolute Gasteiger partial charge is 0.138 e. The Bertz CT molecular complexity index is 1610. The maximum Gasteiger partial charge on any atom is 0.138 e. The van der Waals surface area contributed by atoms with Gasteiger partial charge >= 0.3 is 0 Å². The number of hydrogen-bond donors (Lipinski definition) is 2. The molecule has 7 heteroatoms. The van der Waals surface area contributed by atoms with E-state index in [4.69, 9.17) is 9.72 Å². The Kier molecular flexibility index (Phi) is 6.56. The molecule has 0 unspecified atom stereocenters. The van der Waals surface area contributed by atoms with Crippen molar-refractivity contribution < 1.29 is 4.74 Å². The maximum absolute atomic E-state index is 6.25. The summed E-state index contributed by atoms with van der Waals surface area (Å²) >= 11 is 0. The van der Waals surface area contributed by atoms with Gasteiger partial charge in [-0.2, -0.15) is 5.10 Å². The van der Waals surface area contributed by atoms with Crippen molar-refractivity contribution >= 4 is 16.6 Å². The summed E-state index contributed by atoms with van der Waals surface area (Å²) in [5, 5.41) is 7.75. The van der Waals surface area contributed by atoms with Crippen LogP contribution in [-0.4, -0.2) is 36.2 Å². The molecule has 1 saturated carbocycles. The minimum Gasteiger partial charge on any atom is -0.489 e. The minimum atomic E-state index is 0.272. The van der Waals surface area contributed by atoms with Crippen LogP contribution in [0.3, 0.4) is 0 Å². The molecular formula is C31H30N6O. The Hall–Kier alpha value is -4.52. The van der Waals surface area contributed by atoms with Crippen molar-refractivity contribution in [3.63, 3.8) is 0 Å². The van der Waals surface area contributed by atoms with Crippen LogP contribution in [0.5, 0.6) is 5.75 Å². The first kappa shape index (κ1) is 23.9. The van der Waals surface area contributed by atoms with Crippen LogP contribution in [0.1, 0.15) is 48.9 Å². The number of pyridine rings is 3. The molecule has 1 fully saturated rings. The standard InChI is InChI=1S/C31H30N6O/c1-3-8-25(21-9-7-14-32-17-21)26-16-29(34-20(26)2)31-30-28(36-37-31)13-12-27(35-30)22-15-24(19-33-18-22)38-23-10-5-4-6-11-23/h3,7-9,12-19,23,34H,1,4-6,10-11H2,2H3,(H,36,37)/b25-8-. The number of allylic oxidation sites excluding steroid dienone is 2. The van der Waals surface area contributed by atoms with E-state index in [0.29, 0.717) is 0 Å². The fourth-order valence-corrected chi connectivity index (χ4v) is 5.19. The second-order valence-electron chi connectivity index (χ2n) is 9.73. The predicted octanol–water partition coefficient (Wildman–Crippen LogP) is 7.05. The molecule has 0 aromatic carbocycles. The minimum absolute atomic E-state index is 0.272. The number of nitrogens with zero attached hydrogens (tertiary/aromatic N) is 4. The van der Waals surface area contributed by atoms with Gasteiger partial charge in [-0.05, 0) is 68.5 Å². The molecule has 190 valence electrons. The number of ether oxygens (including phenoxy) is 1. The molecule has 0 spiro atoms. The summed E-state index contributed by atoms with van der Waals surface area (Å²) in [6.45, 7) is 5.97. The molecule has 5 aromatic heterocycles. The second kappa shape index (κ2) is 10.5. The summed E-state index contributed by atoms with van der Waals surface area (Å²) in [5.74, 6) is 0.797. The molecule has 1 aliphatic rings. The SMILES string of the molecule is C=C/C=C(/c1cccnc1)c1cc(-c2n[nH]c3ccc(-c4cncc(OC5CCCCC5)c4)nc23)[nH]c1C. The van der Waals surface area contributed by atoms with Gasteiger partial charge in [-0.1, -0.05) is 31.2 Å². The average Bonchev–Trinajstić information content (AvgIpc) is 3.55. The number of aromatic nitrogens is 6. The quantitative estimate of drug-likeness (QED) is 0.233. The van der Waals surface area contributed by atoms with Crippen molar-refractivity contribution in [2.75, 3.05) is 0 Å². The van der Waals surface area contributed by atoms with Crippen molar-refractivity contribution in [3.05, 3.63) is 96.7 Å². The van der Waals surface area contributed by atoms with E-state index in [2.05, 4.69) is 44.7 Å². The lowest BCUT2D eigenvalue weighted by molar-refractivity contribution is 0.154. The van der Waals surface area contributed by atoms with Crippen LogP contribution in [0.15, 0.2) is 79.9 Å². The molecule has 7 nitrogen and oxygen atoms in total. The Morgan fingerprint density at radius 3 is 2.76 bits per heavy atom. The van der Waals surface area contributed by atoms with Crippen molar-refractivity contribution in [2.24, 2.45) is 0 Å². The topological polar surface area (TPSA) is 92.4 Å². The zero-order valence-electron chi connectivity index (χ0n) is 21.4. The monoisotopic (exact) mass is 502 g/mol. The van der Waals surface area contributed by atoms with Gasteiger partial charge in [-0.15, -0.1) is 0 Å². The molecule has 1 aliphatic carbocycles. The first-order valence-electron chi connectivity index (χ1n) is 13.1. The zero-order valence-corrected chi connectivity index (χ0v) is 21.4. The van der Waals surface area contributed by atoms with Crippen molar-refractivity contribution in [3.8, 4) is 28.4 Å². The molecular weight excluding hydrogens is 472 g/mol. The molecule has 38 heavy (non-hydrogen) atoms. The first-order valence-corrected chi connectivity index (χ1v) is 13.1. The summed E-state index contributed by atoms with van der Waals surface area (Å²) in [6, 6.07) is 12.1. The number of nitrogens with one attached hydrogen (secondary N) is 2. The number of rotatable bonds is 7. The molecule has 0 radical (unpaired) electrons. The zero-order chi connectivity index (χ0) is 25.9. The van der Waals surface area contributed by atoms with Gasteiger partial charge < -0.3 is 9.72 Å². The number of hydrogen-bond acceptors (Lipinski definition) is 5. The Morgan fingerprint density at radius 1 is 1.05 bits per heavy atom. The summed E-state index contributed by atoms with van der Waals surface area (Å²) in [5.41, 5.74) is 9.23. The van der Waals surface area contributed by atoms with Crippen LogP contribution in [0.4, 0.5) is 0 Å². The second-order valence-corrected chi connectivity index (χ2v) is 9.73. The largest absolute Gasteiger partial charge is 0.489 e. The summed E-state index contributed by atoms with van der Waals surface area (Å²) in [7, 11) is 0.